The van der Waals surface area contributed by atoms with Gasteiger partial charge in [0.25, 0.3) is 0 Å². The first-order valence-corrected chi connectivity index (χ1v) is 13.7. The van der Waals surface area contributed by atoms with Crippen molar-refractivity contribution in [1.82, 2.24) is 4.57 Å². The van der Waals surface area contributed by atoms with Crippen molar-refractivity contribution >= 4 is 36.7 Å². The van der Waals surface area contributed by atoms with E-state index in [1.807, 2.05) is 83.1 Å². The van der Waals surface area contributed by atoms with Crippen LogP contribution in [0, 0.1) is 5.82 Å². The first kappa shape index (κ1) is 29.8. The molecule has 2 aromatic rings. The smallest absolute Gasteiger partial charge is 0.443 e. The Morgan fingerprint density at radius 2 is 1.36 bits per heavy atom. The zero-order valence-corrected chi connectivity index (χ0v) is 25.4. The summed E-state index contributed by atoms with van der Waals surface area (Å²) in [5.41, 5.74) is -0.830. The van der Waals surface area contributed by atoms with Gasteiger partial charge in [-0.05, 0) is 112 Å². The molecule has 1 aromatic carbocycles. The second-order valence-electron chi connectivity index (χ2n) is 13.5. The van der Waals surface area contributed by atoms with Crippen molar-refractivity contribution in [3.8, 4) is 0 Å². The number of halogens is 1. The van der Waals surface area contributed by atoms with Gasteiger partial charge in [-0.2, -0.15) is 0 Å². The summed E-state index contributed by atoms with van der Waals surface area (Å²) in [5, 5.41) is 0.550. The number of carbonyl (C=O) groups excluding carboxylic acids is 1. The highest BCUT2D eigenvalue weighted by Crippen LogP contribution is 2.46. The van der Waals surface area contributed by atoms with E-state index >= 15 is 0 Å². The molecule has 39 heavy (non-hydrogen) atoms. The average molecular weight is 541 g/mol. The van der Waals surface area contributed by atoms with Gasteiger partial charge in [0.05, 0.1) is 33.6 Å². The van der Waals surface area contributed by atoms with Crippen molar-refractivity contribution in [3.63, 3.8) is 0 Å². The van der Waals surface area contributed by atoms with E-state index in [-0.39, 0.29) is 0 Å². The average Bonchev–Trinajstić information content (AvgIpc) is 3.29. The monoisotopic (exact) mass is 541 g/mol. The van der Waals surface area contributed by atoms with E-state index in [1.165, 1.54) is 16.7 Å². The molecule has 0 aliphatic carbocycles. The van der Waals surface area contributed by atoms with E-state index < -0.39 is 54.2 Å². The molecule has 0 bridgehead atoms. The van der Waals surface area contributed by atoms with Crippen LogP contribution in [0.4, 0.5) is 9.18 Å². The lowest BCUT2D eigenvalue weighted by molar-refractivity contribution is 0.00578. The molecule has 7 nitrogen and oxygen atoms in total. The molecule has 4 rings (SSSR count). The summed E-state index contributed by atoms with van der Waals surface area (Å²) in [6.07, 6.45) is -0.0574. The van der Waals surface area contributed by atoms with Crippen molar-refractivity contribution in [3.05, 3.63) is 41.2 Å². The summed E-state index contributed by atoms with van der Waals surface area (Å²) >= 11 is 0. The van der Waals surface area contributed by atoms with Gasteiger partial charge in [0.2, 0.25) is 0 Å². The number of nitrogens with zero attached hydrogens (tertiary/aromatic N) is 1. The summed E-state index contributed by atoms with van der Waals surface area (Å²) < 4.78 is 47.7. The van der Waals surface area contributed by atoms with Gasteiger partial charge in [-0.25, -0.2) is 13.8 Å². The van der Waals surface area contributed by atoms with E-state index in [9.17, 15) is 9.18 Å². The van der Waals surface area contributed by atoms with Crippen LogP contribution in [-0.2, 0) is 23.4 Å². The quantitative estimate of drug-likeness (QED) is 0.389. The predicted molar refractivity (Wildman–Crippen MR) is 153 cm³/mol. The van der Waals surface area contributed by atoms with Gasteiger partial charge in [0.1, 0.15) is 11.4 Å². The van der Waals surface area contributed by atoms with Crippen LogP contribution in [0.5, 0.6) is 0 Å². The number of aromatic nitrogens is 1. The van der Waals surface area contributed by atoms with E-state index in [1.54, 1.807) is 12.1 Å². The number of rotatable bonds is 4. The molecule has 0 amide bonds. The van der Waals surface area contributed by atoms with Crippen molar-refractivity contribution < 1.29 is 32.5 Å². The first-order chi connectivity index (χ1) is 17.7. The van der Waals surface area contributed by atoms with E-state index in [0.717, 1.165) is 5.47 Å². The van der Waals surface area contributed by atoms with Gasteiger partial charge in [0.15, 0.2) is 0 Å². The summed E-state index contributed by atoms with van der Waals surface area (Å²) in [5.74, 6) is -0.404. The lowest BCUT2D eigenvalue weighted by Gasteiger charge is -2.32. The largest absolute Gasteiger partial charge is 0.496 e. The highest BCUT2D eigenvalue weighted by Gasteiger charge is 2.57. The maximum absolute atomic E-state index is 14.4. The Balaban J connectivity index is 2.03. The van der Waals surface area contributed by atoms with Crippen molar-refractivity contribution in [2.75, 3.05) is 0 Å². The van der Waals surface area contributed by atoms with Crippen LogP contribution in [0.25, 0.3) is 16.4 Å². The van der Waals surface area contributed by atoms with Crippen molar-refractivity contribution in [2.24, 2.45) is 0 Å². The number of ether oxygens (including phenoxy) is 1. The Hall–Kier alpha value is -2.13. The van der Waals surface area contributed by atoms with Gasteiger partial charge < -0.3 is 23.4 Å². The minimum atomic E-state index is -0.848. The number of hydrogen-bond donors (Lipinski definition) is 0. The van der Waals surface area contributed by atoms with Crippen LogP contribution < -0.4 is 0 Å². The van der Waals surface area contributed by atoms with Crippen LogP contribution in [0.15, 0.2) is 29.7 Å². The van der Waals surface area contributed by atoms with Crippen molar-refractivity contribution in [1.29, 1.82) is 0 Å². The fourth-order valence-corrected chi connectivity index (χ4v) is 4.76. The Kier molecular flexibility index (Phi) is 7.25. The van der Waals surface area contributed by atoms with Crippen molar-refractivity contribution in [2.45, 2.75) is 118 Å². The van der Waals surface area contributed by atoms with Crippen LogP contribution in [-0.4, -0.2) is 52.9 Å². The van der Waals surface area contributed by atoms with Crippen LogP contribution in [0.3, 0.4) is 0 Å². The molecule has 2 aliphatic heterocycles. The Bertz CT molecular complexity index is 1290. The molecule has 2 aliphatic rings. The Morgan fingerprint density at radius 1 is 0.872 bits per heavy atom. The van der Waals surface area contributed by atoms with Crippen LogP contribution in [0.2, 0.25) is 0 Å². The zero-order chi connectivity index (χ0) is 29.3. The second-order valence-corrected chi connectivity index (χ2v) is 13.5. The Morgan fingerprint density at radius 3 is 1.82 bits per heavy atom. The molecule has 0 N–H and O–H groups in total. The highest BCUT2D eigenvalue weighted by atomic mass is 19.1. The summed E-state index contributed by atoms with van der Waals surface area (Å²) in [6.45, 7) is 23.3. The van der Waals surface area contributed by atoms with Crippen LogP contribution in [0.1, 0.15) is 95.2 Å². The number of carbonyl (C=O) groups is 1. The molecular formula is C29H42B2FNO6. The van der Waals surface area contributed by atoms with Crippen LogP contribution >= 0.6 is 0 Å². The maximum Gasteiger partial charge on any atom is 0.496 e. The molecule has 2 saturated heterocycles. The third-order valence-corrected chi connectivity index (χ3v) is 8.37. The topological polar surface area (TPSA) is 68.2 Å². The minimum Gasteiger partial charge on any atom is -0.443 e. The van der Waals surface area contributed by atoms with Gasteiger partial charge in [-0.1, -0.05) is 6.92 Å². The lowest BCUT2D eigenvalue weighted by Crippen LogP contribution is -2.41. The third-order valence-electron chi connectivity index (χ3n) is 8.37. The molecule has 0 spiro atoms. The van der Waals surface area contributed by atoms with Gasteiger partial charge in [-0.15, -0.1) is 0 Å². The number of benzene rings is 1. The molecule has 212 valence electrons. The van der Waals surface area contributed by atoms with E-state index in [0.29, 0.717) is 28.5 Å². The molecule has 10 heteroatoms. The summed E-state index contributed by atoms with van der Waals surface area (Å²) in [6, 6.07) is 6.10. The molecule has 0 radical (unpaired) electrons. The van der Waals surface area contributed by atoms with E-state index in [2.05, 4.69) is 0 Å². The molecule has 0 unspecified atom stereocenters. The fraction of sp³-hybridized carbons (Fsp3) is 0.621. The van der Waals surface area contributed by atoms with E-state index in [4.69, 9.17) is 23.4 Å². The second kappa shape index (κ2) is 9.47. The minimum absolute atomic E-state index is 0.404. The summed E-state index contributed by atoms with van der Waals surface area (Å²) in [4.78, 5) is 13.7. The molecule has 2 fully saturated rings. The number of fused-ring (bicyclic) bond motifs is 1. The molecular weight excluding hydrogens is 499 g/mol. The normalized spacial score (nSPS) is 22.4. The third kappa shape index (κ3) is 5.33. The highest BCUT2D eigenvalue weighted by molar-refractivity contribution is 6.74. The molecule has 1 aromatic heterocycles. The maximum atomic E-state index is 14.4. The number of allylic oxidation sites excluding steroid dienone is 1. The lowest BCUT2D eigenvalue weighted by atomic mass is 9.62. The summed E-state index contributed by atoms with van der Waals surface area (Å²) in [7, 11) is -1.56. The van der Waals surface area contributed by atoms with Gasteiger partial charge >= 0.3 is 20.3 Å². The molecule has 3 heterocycles. The fourth-order valence-electron chi connectivity index (χ4n) is 4.76. The first-order valence-electron chi connectivity index (χ1n) is 13.7. The number of hydrogen-bond acceptors (Lipinski definition) is 6. The predicted octanol–water partition coefficient (Wildman–Crippen LogP) is 6.99. The van der Waals surface area contributed by atoms with Gasteiger partial charge in [-0.3, -0.25) is 0 Å². The zero-order valence-electron chi connectivity index (χ0n) is 25.4. The standard InChI is InChI=1S/C29H42B2FNO6/c1-13-20(30-36-26(5,6)27(7,8)37-30)23(31-38-28(9,10)29(11,12)39-31)22-17-18-16-19(32)14-15-21(18)33(22)24(34)35-25(2,3)4/h14-17H,13H2,1-12H3/b23-20-. The van der Waals surface area contributed by atoms with Gasteiger partial charge in [0, 0.05) is 10.9 Å². The SMILES string of the molecule is CC/C(B1OC(C)(C)C(C)(C)O1)=C(/B1OC(C)(C)C(C)(C)O1)c1cc2cc(F)ccc2n1C(=O)OC(C)(C)C. The molecule has 0 saturated carbocycles. The molecule has 0 atom stereocenters. The Labute approximate surface area is 232 Å².